The molecule has 1 heteroatoms. The first kappa shape index (κ1) is 9.27. The first-order chi connectivity index (χ1) is 5.81. The van der Waals surface area contributed by atoms with Crippen molar-refractivity contribution in [2.24, 2.45) is 0 Å². The van der Waals surface area contributed by atoms with E-state index >= 15 is 0 Å². The van der Waals surface area contributed by atoms with Gasteiger partial charge in [0, 0.05) is 9.75 Å². The summed E-state index contributed by atoms with van der Waals surface area (Å²) >= 11 is 1.80. The van der Waals surface area contributed by atoms with E-state index in [2.05, 4.69) is 38.6 Å². The molecule has 0 spiro atoms. The molecule has 0 amide bonds. The minimum absolute atomic E-state index is 1.10. The molecular formula is C11H14S. The van der Waals surface area contributed by atoms with Gasteiger partial charge in [-0.05, 0) is 31.1 Å². The minimum Gasteiger partial charge on any atom is -0.136 e. The zero-order valence-electron chi connectivity index (χ0n) is 7.63. The summed E-state index contributed by atoms with van der Waals surface area (Å²) in [6.45, 7) is 8.02. The Morgan fingerprint density at radius 2 is 2.33 bits per heavy atom. The second-order valence-corrected chi connectivity index (χ2v) is 3.69. The third-order valence-electron chi connectivity index (χ3n) is 1.87. The maximum atomic E-state index is 3.75. The molecule has 0 fully saturated rings. The van der Waals surface area contributed by atoms with Crippen molar-refractivity contribution in [2.75, 3.05) is 0 Å². The first-order valence-electron chi connectivity index (χ1n) is 4.19. The van der Waals surface area contributed by atoms with E-state index in [9.17, 15) is 0 Å². The number of allylic oxidation sites excluding steroid dienone is 2. The van der Waals surface area contributed by atoms with Crippen molar-refractivity contribution in [2.45, 2.75) is 20.3 Å². The summed E-state index contributed by atoms with van der Waals surface area (Å²) in [4.78, 5) is 2.62. The van der Waals surface area contributed by atoms with Crippen LogP contribution in [0.2, 0.25) is 0 Å². The van der Waals surface area contributed by atoms with Gasteiger partial charge in [0.15, 0.2) is 0 Å². The highest BCUT2D eigenvalue weighted by molar-refractivity contribution is 7.14. The van der Waals surface area contributed by atoms with Gasteiger partial charge in [0.05, 0.1) is 0 Å². The topological polar surface area (TPSA) is 0 Å². The SMILES string of the molecule is C=Cc1ccc(/C(=C\C)CC)s1. The molecule has 1 rings (SSSR count). The molecule has 1 heterocycles. The molecule has 0 aromatic carbocycles. The summed E-state index contributed by atoms with van der Waals surface area (Å²) in [5.74, 6) is 0. The van der Waals surface area contributed by atoms with Gasteiger partial charge in [-0.15, -0.1) is 11.3 Å². The van der Waals surface area contributed by atoms with Gasteiger partial charge >= 0.3 is 0 Å². The minimum atomic E-state index is 1.10. The summed E-state index contributed by atoms with van der Waals surface area (Å²) < 4.78 is 0. The second kappa shape index (κ2) is 4.27. The largest absolute Gasteiger partial charge is 0.136 e. The van der Waals surface area contributed by atoms with Crippen LogP contribution < -0.4 is 0 Å². The van der Waals surface area contributed by atoms with Crippen LogP contribution in [0.3, 0.4) is 0 Å². The molecule has 0 N–H and O–H groups in total. The Morgan fingerprint density at radius 3 is 2.75 bits per heavy atom. The standard InChI is InChI=1S/C11H14S/c1-4-9(5-2)11-8-7-10(6-3)12-11/h4,6-8H,3,5H2,1-2H3/b9-4-. The molecule has 1 aromatic rings. The van der Waals surface area contributed by atoms with Crippen molar-refractivity contribution >= 4 is 23.0 Å². The number of thiophene rings is 1. The zero-order valence-corrected chi connectivity index (χ0v) is 8.45. The van der Waals surface area contributed by atoms with E-state index in [0.717, 1.165) is 6.42 Å². The Labute approximate surface area is 78.2 Å². The predicted octanol–water partition coefficient (Wildman–Crippen LogP) is 4.20. The molecule has 0 radical (unpaired) electrons. The lowest BCUT2D eigenvalue weighted by molar-refractivity contribution is 1.25. The maximum absolute atomic E-state index is 3.75. The van der Waals surface area contributed by atoms with E-state index in [-0.39, 0.29) is 0 Å². The van der Waals surface area contributed by atoms with Crippen LogP contribution in [0.4, 0.5) is 0 Å². The van der Waals surface area contributed by atoms with Crippen LogP contribution in [0.15, 0.2) is 24.8 Å². The van der Waals surface area contributed by atoms with Crippen LogP contribution in [-0.2, 0) is 0 Å². The van der Waals surface area contributed by atoms with Crippen LogP contribution in [-0.4, -0.2) is 0 Å². The third-order valence-corrected chi connectivity index (χ3v) is 3.03. The molecule has 0 saturated carbocycles. The maximum Gasteiger partial charge on any atom is 0.0305 e. The molecule has 12 heavy (non-hydrogen) atoms. The molecule has 0 saturated heterocycles. The van der Waals surface area contributed by atoms with Crippen molar-refractivity contribution in [3.8, 4) is 0 Å². The van der Waals surface area contributed by atoms with Gasteiger partial charge in [-0.1, -0.05) is 25.7 Å². The summed E-state index contributed by atoms with van der Waals surface area (Å²) in [5.41, 5.74) is 1.42. The highest BCUT2D eigenvalue weighted by Gasteiger charge is 2.00. The van der Waals surface area contributed by atoms with Crippen molar-refractivity contribution < 1.29 is 0 Å². The fraction of sp³-hybridized carbons (Fsp3) is 0.273. The Bertz CT molecular complexity index is 292. The van der Waals surface area contributed by atoms with E-state index in [1.54, 1.807) is 11.3 Å². The lowest BCUT2D eigenvalue weighted by Crippen LogP contribution is -1.73. The fourth-order valence-electron chi connectivity index (χ4n) is 1.16. The monoisotopic (exact) mass is 178 g/mol. The van der Waals surface area contributed by atoms with Gasteiger partial charge in [0.25, 0.3) is 0 Å². The molecule has 0 aliphatic heterocycles. The normalized spacial score (nSPS) is 11.7. The highest BCUT2D eigenvalue weighted by Crippen LogP contribution is 2.26. The lowest BCUT2D eigenvalue weighted by atomic mass is 10.1. The molecule has 0 bridgehead atoms. The Kier molecular flexibility index (Phi) is 3.30. The second-order valence-electron chi connectivity index (χ2n) is 2.57. The average molecular weight is 178 g/mol. The average Bonchev–Trinajstić information content (AvgIpc) is 2.55. The van der Waals surface area contributed by atoms with Crippen molar-refractivity contribution in [1.29, 1.82) is 0 Å². The van der Waals surface area contributed by atoms with E-state index in [4.69, 9.17) is 0 Å². The molecule has 0 nitrogen and oxygen atoms in total. The van der Waals surface area contributed by atoms with Gasteiger partial charge in [0.1, 0.15) is 0 Å². The third kappa shape index (κ3) is 1.86. The molecule has 0 aliphatic rings. The quantitative estimate of drug-likeness (QED) is 0.650. The van der Waals surface area contributed by atoms with Crippen LogP contribution in [0.25, 0.3) is 11.6 Å². The van der Waals surface area contributed by atoms with Crippen molar-refractivity contribution in [3.05, 3.63) is 34.5 Å². The van der Waals surface area contributed by atoms with Gasteiger partial charge in [-0.2, -0.15) is 0 Å². The molecule has 0 unspecified atom stereocenters. The Balaban J connectivity index is 2.95. The van der Waals surface area contributed by atoms with E-state index in [1.165, 1.54) is 15.3 Å². The molecule has 0 atom stereocenters. The van der Waals surface area contributed by atoms with E-state index in [0.29, 0.717) is 0 Å². The lowest BCUT2D eigenvalue weighted by Gasteiger charge is -1.97. The number of hydrogen-bond donors (Lipinski definition) is 0. The van der Waals surface area contributed by atoms with Gasteiger partial charge < -0.3 is 0 Å². The summed E-state index contributed by atoms with van der Waals surface area (Å²) in [5, 5.41) is 0. The van der Waals surface area contributed by atoms with Crippen LogP contribution in [0.5, 0.6) is 0 Å². The number of hydrogen-bond acceptors (Lipinski definition) is 1. The molecule has 0 aliphatic carbocycles. The van der Waals surface area contributed by atoms with Crippen LogP contribution in [0.1, 0.15) is 30.0 Å². The van der Waals surface area contributed by atoms with Gasteiger partial charge in [-0.3, -0.25) is 0 Å². The highest BCUT2D eigenvalue weighted by atomic mass is 32.1. The van der Waals surface area contributed by atoms with Gasteiger partial charge in [-0.25, -0.2) is 0 Å². The van der Waals surface area contributed by atoms with Gasteiger partial charge in [0.2, 0.25) is 0 Å². The molecule has 1 aromatic heterocycles. The number of rotatable bonds is 3. The van der Waals surface area contributed by atoms with Crippen LogP contribution >= 0.6 is 11.3 Å². The first-order valence-corrected chi connectivity index (χ1v) is 5.01. The van der Waals surface area contributed by atoms with Crippen molar-refractivity contribution in [3.63, 3.8) is 0 Å². The molecule has 64 valence electrons. The van der Waals surface area contributed by atoms with Crippen LogP contribution in [0, 0.1) is 0 Å². The Hall–Kier alpha value is -0.820. The molecular weight excluding hydrogens is 164 g/mol. The smallest absolute Gasteiger partial charge is 0.0305 e. The zero-order chi connectivity index (χ0) is 8.97. The van der Waals surface area contributed by atoms with Crippen molar-refractivity contribution in [1.82, 2.24) is 0 Å². The fourth-order valence-corrected chi connectivity index (χ4v) is 2.16. The van der Waals surface area contributed by atoms with E-state index < -0.39 is 0 Å². The van der Waals surface area contributed by atoms with E-state index in [1.807, 2.05) is 6.08 Å². The predicted molar refractivity (Wildman–Crippen MR) is 58.4 cm³/mol. The summed E-state index contributed by atoms with van der Waals surface area (Å²) in [7, 11) is 0. The summed E-state index contributed by atoms with van der Waals surface area (Å²) in [6, 6.07) is 4.28. The Morgan fingerprint density at radius 1 is 1.58 bits per heavy atom. The summed E-state index contributed by atoms with van der Waals surface area (Å²) in [6.07, 6.45) is 5.18.